The van der Waals surface area contributed by atoms with Gasteiger partial charge in [0.1, 0.15) is 5.56 Å². The molecule has 0 spiro atoms. The number of aromatic nitrogens is 2. The standard InChI is InChI=1S/C13H16N4O3/c1-4-13(3,14)12-15-11(20-16-12)10-8(2)6-5-7-9(10)17(18)19/h5-7H,4,14H2,1-3H3. The molecular weight excluding hydrogens is 260 g/mol. The molecule has 0 saturated heterocycles. The number of benzene rings is 1. The van der Waals surface area contributed by atoms with E-state index in [1.807, 2.05) is 6.92 Å². The van der Waals surface area contributed by atoms with E-state index in [1.165, 1.54) is 6.07 Å². The molecule has 0 aliphatic rings. The van der Waals surface area contributed by atoms with Crippen LogP contribution in [0.2, 0.25) is 0 Å². The number of nitro benzene ring substituents is 1. The van der Waals surface area contributed by atoms with Crippen LogP contribution in [-0.4, -0.2) is 15.1 Å². The van der Waals surface area contributed by atoms with Gasteiger partial charge in [-0.05, 0) is 25.8 Å². The van der Waals surface area contributed by atoms with Crippen molar-refractivity contribution in [3.05, 3.63) is 39.7 Å². The van der Waals surface area contributed by atoms with Crippen molar-refractivity contribution in [3.8, 4) is 11.5 Å². The molecule has 0 aliphatic carbocycles. The van der Waals surface area contributed by atoms with Crippen LogP contribution in [0.15, 0.2) is 22.7 Å². The fraction of sp³-hybridized carbons (Fsp3) is 0.385. The highest BCUT2D eigenvalue weighted by molar-refractivity contribution is 5.70. The van der Waals surface area contributed by atoms with E-state index in [0.29, 0.717) is 23.4 Å². The summed E-state index contributed by atoms with van der Waals surface area (Å²) in [6.45, 7) is 5.45. The number of rotatable bonds is 4. The lowest BCUT2D eigenvalue weighted by Crippen LogP contribution is -2.33. The van der Waals surface area contributed by atoms with E-state index in [1.54, 1.807) is 26.0 Å². The number of nitrogens with two attached hydrogens (primary N) is 1. The Bertz CT molecular complexity index is 649. The van der Waals surface area contributed by atoms with Gasteiger partial charge < -0.3 is 10.3 Å². The number of hydrogen-bond acceptors (Lipinski definition) is 6. The Labute approximate surface area is 115 Å². The monoisotopic (exact) mass is 276 g/mol. The summed E-state index contributed by atoms with van der Waals surface area (Å²) < 4.78 is 5.16. The van der Waals surface area contributed by atoms with Gasteiger partial charge in [0.05, 0.1) is 10.5 Å². The van der Waals surface area contributed by atoms with Crippen molar-refractivity contribution in [1.82, 2.24) is 10.1 Å². The SMILES string of the molecule is CCC(C)(N)c1noc(-c2c(C)cccc2[N+](=O)[O-])n1. The van der Waals surface area contributed by atoms with Crippen LogP contribution in [0.5, 0.6) is 0 Å². The minimum Gasteiger partial charge on any atom is -0.334 e. The Balaban J connectivity index is 2.56. The molecule has 1 unspecified atom stereocenters. The van der Waals surface area contributed by atoms with Crippen LogP contribution >= 0.6 is 0 Å². The summed E-state index contributed by atoms with van der Waals surface area (Å²) in [4.78, 5) is 14.9. The van der Waals surface area contributed by atoms with Crippen molar-refractivity contribution in [2.24, 2.45) is 5.73 Å². The zero-order chi connectivity index (χ0) is 14.9. The minimum atomic E-state index is -0.723. The van der Waals surface area contributed by atoms with E-state index in [4.69, 9.17) is 10.3 Å². The van der Waals surface area contributed by atoms with Crippen LogP contribution in [0.25, 0.3) is 11.5 Å². The maximum atomic E-state index is 11.1. The van der Waals surface area contributed by atoms with Crippen LogP contribution in [0.4, 0.5) is 5.69 Å². The second-order valence-corrected chi connectivity index (χ2v) is 4.92. The molecule has 0 fully saturated rings. The van der Waals surface area contributed by atoms with Crippen LogP contribution < -0.4 is 5.73 Å². The quantitative estimate of drug-likeness (QED) is 0.679. The number of aryl methyl sites for hydroxylation is 1. The predicted octanol–water partition coefficient (Wildman–Crippen LogP) is 2.54. The van der Waals surface area contributed by atoms with Gasteiger partial charge in [0, 0.05) is 6.07 Å². The summed E-state index contributed by atoms with van der Waals surface area (Å²) in [6.07, 6.45) is 0.627. The van der Waals surface area contributed by atoms with Gasteiger partial charge in [-0.25, -0.2) is 0 Å². The van der Waals surface area contributed by atoms with E-state index in [-0.39, 0.29) is 11.6 Å². The average Bonchev–Trinajstić information content (AvgIpc) is 2.88. The highest BCUT2D eigenvalue weighted by Gasteiger charge is 2.28. The van der Waals surface area contributed by atoms with E-state index in [9.17, 15) is 10.1 Å². The third-order valence-electron chi connectivity index (χ3n) is 3.33. The van der Waals surface area contributed by atoms with Crippen molar-refractivity contribution >= 4 is 5.69 Å². The Morgan fingerprint density at radius 1 is 1.50 bits per heavy atom. The lowest BCUT2D eigenvalue weighted by molar-refractivity contribution is -0.384. The molecule has 0 bridgehead atoms. The first kappa shape index (κ1) is 14.1. The van der Waals surface area contributed by atoms with Crippen molar-refractivity contribution in [3.63, 3.8) is 0 Å². The summed E-state index contributed by atoms with van der Waals surface area (Å²) in [5.41, 5.74) is 6.30. The molecule has 0 radical (unpaired) electrons. The second-order valence-electron chi connectivity index (χ2n) is 4.92. The molecule has 1 aromatic heterocycles. The average molecular weight is 276 g/mol. The smallest absolute Gasteiger partial charge is 0.282 e. The van der Waals surface area contributed by atoms with Gasteiger partial charge >= 0.3 is 0 Å². The third-order valence-corrected chi connectivity index (χ3v) is 3.33. The molecule has 0 amide bonds. The molecule has 0 aliphatic heterocycles. The van der Waals surface area contributed by atoms with Gasteiger partial charge in [-0.2, -0.15) is 4.98 Å². The summed E-state index contributed by atoms with van der Waals surface area (Å²) in [7, 11) is 0. The van der Waals surface area contributed by atoms with Gasteiger partial charge in [-0.3, -0.25) is 10.1 Å². The number of nitro groups is 1. The first-order valence-corrected chi connectivity index (χ1v) is 6.24. The summed E-state index contributed by atoms with van der Waals surface area (Å²) in [5, 5.41) is 14.9. The Kier molecular flexibility index (Phi) is 3.54. The fourth-order valence-electron chi connectivity index (χ4n) is 1.80. The molecule has 1 aromatic carbocycles. The molecule has 2 N–H and O–H groups in total. The minimum absolute atomic E-state index is 0.0598. The molecule has 1 heterocycles. The molecule has 1 atom stereocenters. The van der Waals surface area contributed by atoms with Crippen molar-refractivity contribution < 1.29 is 9.45 Å². The van der Waals surface area contributed by atoms with E-state index >= 15 is 0 Å². The zero-order valence-electron chi connectivity index (χ0n) is 11.6. The summed E-state index contributed by atoms with van der Waals surface area (Å²) in [6, 6.07) is 4.79. The van der Waals surface area contributed by atoms with E-state index < -0.39 is 10.5 Å². The molecule has 106 valence electrons. The molecule has 2 rings (SSSR count). The topological polar surface area (TPSA) is 108 Å². The van der Waals surface area contributed by atoms with Gasteiger partial charge in [0.2, 0.25) is 0 Å². The van der Waals surface area contributed by atoms with Gasteiger partial charge in [0.25, 0.3) is 11.6 Å². The first-order valence-electron chi connectivity index (χ1n) is 6.24. The lowest BCUT2D eigenvalue weighted by atomic mass is 10.00. The highest BCUT2D eigenvalue weighted by atomic mass is 16.6. The Hall–Kier alpha value is -2.28. The van der Waals surface area contributed by atoms with Crippen LogP contribution in [0.1, 0.15) is 31.7 Å². The number of hydrogen-bond donors (Lipinski definition) is 1. The van der Waals surface area contributed by atoms with Crippen LogP contribution in [0, 0.1) is 17.0 Å². The first-order chi connectivity index (χ1) is 9.36. The molecule has 7 nitrogen and oxygen atoms in total. The zero-order valence-corrected chi connectivity index (χ0v) is 11.6. The highest BCUT2D eigenvalue weighted by Crippen LogP contribution is 2.32. The van der Waals surface area contributed by atoms with Gasteiger partial charge in [-0.1, -0.05) is 24.2 Å². The van der Waals surface area contributed by atoms with E-state index in [0.717, 1.165) is 0 Å². The van der Waals surface area contributed by atoms with E-state index in [2.05, 4.69) is 10.1 Å². The maximum absolute atomic E-state index is 11.1. The largest absolute Gasteiger partial charge is 0.334 e. The molecule has 0 saturated carbocycles. The molecular formula is C13H16N4O3. The third kappa shape index (κ3) is 2.39. The summed E-state index contributed by atoms with van der Waals surface area (Å²) in [5.74, 6) is 0.461. The molecule has 2 aromatic rings. The number of nitrogens with zero attached hydrogens (tertiary/aromatic N) is 3. The summed E-state index contributed by atoms with van der Waals surface area (Å²) >= 11 is 0. The molecule has 20 heavy (non-hydrogen) atoms. The van der Waals surface area contributed by atoms with Crippen molar-refractivity contribution in [2.45, 2.75) is 32.7 Å². The van der Waals surface area contributed by atoms with Gasteiger partial charge in [0.15, 0.2) is 5.82 Å². The molecule has 7 heteroatoms. The van der Waals surface area contributed by atoms with Crippen molar-refractivity contribution in [1.29, 1.82) is 0 Å². The Morgan fingerprint density at radius 3 is 2.80 bits per heavy atom. The Morgan fingerprint density at radius 2 is 2.20 bits per heavy atom. The second kappa shape index (κ2) is 5.01. The maximum Gasteiger partial charge on any atom is 0.282 e. The predicted molar refractivity (Wildman–Crippen MR) is 73.0 cm³/mol. The van der Waals surface area contributed by atoms with Crippen LogP contribution in [-0.2, 0) is 5.54 Å². The lowest BCUT2D eigenvalue weighted by Gasteiger charge is -2.16. The normalized spacial score (nSPS) is 14.0. The fourth-order valence-corrected chi connectivity index (χ4v) is 1.80. The van der Waals surface area contributed by atoms with Crippen LogP contribution in [0.3, 0.4) is 0 Å². The van der Waals surface area contributed by atoms with Gasteiger partial charge in [-0.15, -0.1) is 0 Å². The van der Waals surface area contributed by atoms with Crippen molar-refractivity contribution in [2.75, 3.05) is 0 Å².